The predicted molar refractivity (Wildman–Crippen MR) is 112 cm³/mol. The lowest BCUT2D eigenvalue weighted by Gasteiger charge is -2.14. The summed E-state index contributed by atoms with van der Waals surface area (Å²) in [6.45, 7) is 0.485. The van der Waals surface area contributed by atoms with Crippen LogP contribution in [0.1, 0.15) is 29.6 Å². The van der Waals surface area contributed by atoms with Gasteiger partial charge in [-0.1, -0.05) is 29.8 Å². The van der Waals surface area contributed by atoms with E-state index in [1.54, 1.807) is 18.2 Å². The molecule has 3 rings (SSSR count). The predicted octanol–water partition coefficient (Wildman–Crippen LogP) is 2.41. The number of sulfonamides is 1. The number of hydrogen-bond acceptors (Lipinski definition) is 5. The molecule has 1 aliphatic rings. The van der Waals surface area contributed by atoms with Crippen molar-refractivity contribution < 1.29 is 22.8 Å². The van der Waals surface area contributed by atoms with Crippen molar-refractivity contribution in [2.75, 3.05) is 17.8 Å². The van der Waals surface area contributed by atoms with E-state index in [-0.39, 0.29) is 58.9 Å². The SMILES string of the molecule is O=C(NCCCN1C(=O)CCC1=O)c1cccc(S(=O)(=O)Nc2ccccc2Cl)c1. The number of nitrogens with zero attached hydrogens (tertiary/aromatic N) is 1. The Morgan fingerprint density at radius 3 is 2.43 bits per heavy atom. The maximum atomic E-state index is 12.6. The van der Waals surface area contributed by atoms with E-state index >= 15 is 0 Å². The molecule has 158 valence electrons. The van der Waals surface area contributed by atoms with Crippen LogP contribution in [0.5, 0.6) is 0 Å². The van der Waals surface area contributed by atoms with Gasteiger partial charge in [0.15, 0.2) is 0 Å². The van der Waals surface area contributed by atoms with Gasteiger partial charge < -0.3 is 5.32 Å². The van der Waals surface area contributed by atoms with Crippen LogP contribution in [0.25, 0.3) is 0 Å². The van der Waals surface area contributed by atoms with E-state index in [1.807, 2.05) is 0 Å². The largest absolute Gasteiger partial charge is 0.352 e. The van der Waals surface area contributed by atoms with E-state index < -0.39 is 15.9 Å². The molecular weight excluding hydrogens is 430 g/mol. The summed E-state index contributed by atoms with van der Waals surface area (Å²) < 4.78 is 27.7. The quantitative estimate of drug-likeness (QED) is 0.474. The molecular formula is C20H20ClN3O5S. The maximum Gasteiger partial charge on any atom is 0.261 e. The number of anilines is 1. The van der Waals surface area contributed by atoms with E-state index in [0.29, 0.717) is 6.42 Å². The number of nitrogens with one attached hydrogen (secondary N) is 2. The van der Waals surface area contributed by atoms with Gasteiger partial charge in [-0.15, -0.1) is 0 Å². The van der Waals surface area contributed by atoms with Crippen molar-refractivity contribution in [3.63, 3.8) is 0 Å². The fourth-order valence-corrected chi connectivity index (χ4v) is 4.33. The normalized spacial score (nSPS) is 14.1. The Labute approximate surface area is 179 Å². The van der Waals surface area contributed by atoms with Gasteiger partial charge >= 0.3 is 0 Å². The number of benzene rings is 2. The number of halogens is 1. The Balaban J connectivity index is 1.60. The fraction of sp³-hybridized carbons (Fsp3) is 0.250. The summed E-state index contributed by atoms with van der Waals surface area (Å²) in [6.07, 6.45) is 0.874. The van der Waals surface area contributed by atoms with Crippen LogP contribution in [-0.4, -0.2) is 44.1 Å². The third-order valence-corrected chi connectivity index (χ3v) is 6.22. The molecule has 8 nitrogen and oxygen atoms in total. The van der Waals surface area contributed by atoms with Crippen molar-refractivity contribution in [1.82, 2.24) is 10.2 Å². The molecule has 2 aromatic carbocycles. The highest BCUT2D eigenvalue weighted by molar-refractivity contribution is 7.92. The summed E-state index contributed by atoms with van der Waals surface area (Å²) in [5.41, 5.74) is 0.408. The molecule has 0 atom stereocenters. The average molecular weight is 450 g/mol. The van der Waals surface area contributed by atoms with E-state index in [2.05, 4.69) is 10.0 Å². The lowest BCUT2D eigenvalue weighted by atomic mass is 10.2. The van der Waals surface area contributed by atoms with Gasteiger partial charge in [-0.25, -0.2) is 8.42 Å². The molecule has 1 fully saturated rings. The summed E-state index contributed by atoms with van der Waals surface area (Å²) in [5.74, 6) is -0.852. The van der Waals surface area contributed by atoms with Crippen molar-refractivity contribution in [2.24, 2.45) is 0 Å². The van der Waals surface area contributed by atoms with Gasteiger partial charge in [-0.2, -0.15) is 0 Å². The summed E-state index contributed by atoms with van der Waals surface area (Å²) in [4.78, 5) is 36.6. The standard InChI is InChI=1S/C20H20ClN3O5S/c21-16-7-1-2-8-17(16)23-30(28,29)15-6-3-5-14(13-15)20(27)22-11-4-12-24-18(25)9-10-19(24)26/h1-3,5-8,13,23H,4,9-12H2,(H,22,27). The Morgan fingerprint density at radius 1 is 1.03 bits per heavy atom. The minimum Gasteiger partial charge on any atom is -0.352 e. The highest BCUT2D eigenvalue weighted by atomic mass is 35.5. The number of carbonyl (C=O) groups is 3. The first-order chi connectivity index (χ1) is 14.3. The summed E-state index contributed by atoms with van der Waals surface area (Å²) in [6, 6.07) is 12.0. The van der Waals surface area contributed by atoms with Gasteiger partial charge in [0.1, 0.15) is 0 Å². The van der Waals surface area contributed by atoms with Crippen LogP contribution in [0.4, 0.5) is 5.69 Å². The van der Waals surface area contributed by atoms with E-state index in [1.165, 1.54) is 35.2 Å². The van der Waals surface area contributed by atoms with Gasteiger partial charge in [0.25, 0.3) is 15.9 Å². The molecule has 0 saturated carbocycles. The molecule has 0 spiro atoms. The molecule has 10 heteroatoms. The van der Waals surface area contributed by atoms with Crippen molar-refractivity contribution >= 4 is 45.0 Å². The van der Waals surface area contributed by atoms with Gasteiger partial charge in [0, 0.05) is 31.5 Å². The van der Waals surface area contributed by atoms with Crippen LogP contribution in [0, 0.1) is 0 Å². The van der Waals surface area contributed by atoms with Crippen molar-refractivity contribution in [3.8, 4) is 0 Å². The van der Waals surface area contributed by atoms with Crippen LogP contribution in [0.15, 0.2) is 53.4 Å². The molecule has 1 saturated heterocycles. The average Bonchev–Trinajstić information content (AvgIpc) is 3.04. The van der Waals surface area contributed by atoms with Crippen LogP contribution in [0.3, 0.4) is 0 Å². The molecule has 0 aromatic heterocycles. The first-order valence-electron chi connectivity index (χ1n) is 9.27. The number of para-hydroxylation sites is 1. The molecule has 0 unspecified atom stereocenters. The number of imide groups is 1. The molecule has 3 amide bonds. The molecule has 0 aliphatic carbocycles. The molecule has 1 aliphatic heterocycles. The van der Waals surface area contributed by atoms with Gasteiger partial charge in [-0.05, 0) is 36.8 Å². The van der Waals surface area contributed by atoms with Crippen LogP contribution >= 0.6 is 11.6 Å². The highest BCUT2D eigenvalue weighted by Gasteiger charge is 2.28. The Morgan fingerprint density at radius 2 is 1.73 bits per heavy atom. The third-order valence-electron chi connectivity index (χ3n) is 4.52. The Hall–Kier alpha value is -2.91. The van der Waals surface area contributed by atoms with Crippen molar-refractivity contribution in [2.45, 2.75) is 24.2 Å². The van der Waals surface area contributed by atoms with E-state index in [4.69, 9.17) is 11.6 Å². The minimum atomic E-state index is -3.94. The second-order valence-electron chi connectivity index (χ2n) is 6.66. The smallest absolute Gasteiger partial charge is 0.261 e. The van der Waals surface area contributed by atoms with Crippen molar-refractivity contribution in [3.05, 3.63) is 59.1 Å². The Bertz CT molecular complexity index is 1070. The molecule has 1 heterocycles. The van der Waals surface area contributed by atoms with Crippen LogP contribution in [-0.2, 0) is 19.6 Å². The number of likely N-dealkylation sites (tertiary alicyclic amines) is 1. The minimum absolute atomic E-state index is 0.0803. The van der Waals surface area contributed by atoms with Crippen LogP contribution in [0.2, 0.25) is 5.02 Å². The number of amides is 3. The lowest BCUT2D eigenvalue weighted by Crippen LogP contribution is -2.33. The van der Waals surface area contributed by atoms with Gasteiger partial charge in [0.05, 0.1) is 15.6 Å². The topological polar surface area (TPSA) is 113 Å². The summed E-state index contributed by atoms with van der Waals surface area (Å²) in [5, 5.41) is 2.92. The summed E-state index contributed by atoms with van der Waals surface area (Å²) >= 11 is 6.00. The first-order valence-corrected chi connectivity index (χ1v) is 11.1. The van der Waals surface area contributed by atoms with E-state index in [0.717, 1.165) is 0 Å². The summed E-state index contributed by atoms with van der Waals surface area (Å²) in [7, 11) is -3.94. The van der Waals surface area contributed by atoms with Gasteiger partial charge in [-0.3, -0.25) is 24.0 Å². The fourth-order valence-electron chi connectivity index (χ4n) is 2.97. The van der Waals surface area contributed by atoms with Crippen molar-refractivity contribution in [1.29, 1.82) is 0 Å². The second kappa shape index (κ2) is 9.27. The number of rotatable bonds is 8. The Kier molecular flexibility index (Phi) is 6.73. The number of carbonyl (C=O) groups excluding carboxylic acids is 3. The molecule has 0 radical (unpaired) electrons. The van der Waals surface area contributed by atoms with Crippen LogP contribution < -0.4 is 10.0 Å². The first kappa shape index (κ1) is 21.8. The zero-order valence-corrected chi connectivity index (χ0v) is 17.5. The molecule has 30 heavy (non-hydrogen) atoms. The third kappa shape index (κ3) is 5.17. The second-order valence-corrected chi connectivity index (χ2v) is 8.75. The highest BCUT2D eigenvalue weighted by Crippen LogP contribution is 2.24. The number of hydrogen-bond donors (Lipinski definition) is 2. The van der Waals surface area contributed by atoms with Gasteiger partial charge in [0.2, 0.25) is 11.8 Å². The molecule has 2 aromatic rings. The maximum absolute atomic E-state index is 12.6. The monoisotopic (exact) mass is 449 g/mol. The zero-order chi connectivity index (χ0) is 21.7. The van der Waals surface area contributed by atoms with E-state index in [9.17, 15) is 22.8 Å². The molecule has 0 bridgehead atoms. The molecule has 2 N–H and O–H groups in total. The lowest BCUT2D eigenvalue weighted by molar-refractivity contribution is -0.138. The zero-order valence-electron chi connectivity index (χ0n) is 15.9.